The molecule has 2 atom stereocenters. The molecular formula is C14H16BrN3O. The summed E-state index contributed by atoms with van der Waals surface area (Å²) in [4.78, 5) is 4.51. The molecule has 3 rings (SSSR count). The van der Waals surface area contributed by atoms with Crippen LogP contribution in [0.15, 0.2) is 27.2 Å². The summed E-state index contributed by atoms with van der Waals surface area (Å²) in [5.74, 6) is 2.52. The van der Waals surface area contributed by atoms with Crippen LogP contribution in [-0.2, 0) is 0 Å². The molecule has 0 spiro atoms. The number of nitrogens with zero attached hydrogens (tertiary/aromatic N) is 2. The molecule has 0 radical (unpaired) electrons. The molecule has 1 aliphatic rings. The second-order valence-corrected chi connectivity index (χ2v) is 6.22. The van der Waals surface area contributed by atoms with E-state index in [1.54, 1.807) is 0 Å². The van der Waals surface area contributed by atoms with Gasteiger partial charge in [-0.3, -0.25) is 0 Å². The molecule has 5 heteroatoms. The quantitative estimate of drug-likeness (QED) is 0.849. The van der Waals surface area contributed by atoms with Crippen molar-refractivity contribution in [2.24, 2.45) is 5.92 Å². The van der Waals surface area contributed by atoms with E-state index in [0.29, 0.717) is 17.5 Å². The van der Waals surface area contributed by atoms with Crippen molar-refractivity contribution in [2.75, 3.05) is 5.73 Å². The van der Waals surface area contributed by atoms with Gasteiger partial charge in [-0.05, 0) is 43.4 Å². The van der Waals surface area contributed by atoms with Crippen LogP contribution in [0, 0.1) is 5.92 Å². The molecule has 1 heterocycles. The lowest BCUT2D eigenvalue weighted by Gasteiger charge is -2.02. The number of nitrogen functional groups attached to an aromatic ring is 1. The van der Waals surface area contributed by atoms with Crippen LogP contribution < -0.4 is 5.73 Å². The van der Waals surface area contributed by atoms with Gasteiger partial charge in [0, 0.05) is 16.1 Å². The van der Waals surface area contributed by atoms with Crippen LogP contribution in [0.2, 0.25) is 0 Å². The van der Waals surface area contributed by atoms with Crippen LogP contribution in [0.25, 0.3) is 11.5 Å². The first-order valence-corrected chi connectivity index (χ1v) is 7.32. The van der Waals surface area contributed by atoms with Gasteiger partial charge in [0.05, 0.1) is 5.56 Å². The molecule has 0 bridgehead atoms. The maximum atomic E-state index is 5.98. The average Bonchev–Trinajstić information content (AvgIpc) is 2.97. The van der Waals surface area contributed by atoms with Crippen molar-refractivity contribution in [1.29, 1.82) is 0 Å². The van der Waals surface area contributed by atoms with Gasteiger partial charge in [0.1, 0.15) is 0 Å². The largest absolute Gasteiger partial charge is 0.398 e. The summed E-state index contributed by atoms with van der Waals surface area (Å²) < 4.78 is 6.31. The van der Waals surface area contributed by atoms with Gasteiger partial charge >= 0.3 is 0 Å². The van der Waals surface area contributed by atoms with E-state index in [1.807, 2.05) is 18.2 Å². The number of rotatable bonds is 2. The normalized spacial score (nSPS) is 22.8. The number of hydrogen-bond acceptors (Lipinski definition) is 4. The molecular weight excluding hydrogens is 306 g/mol. The molecule has 2 aromatic rings. The molecule has 1 aromatic heterocycles. The standard InChI is InChI=1S/C14H16BrN3O/c1-8-2-3-9(6-8)13-17-14(19-18-13)11-5-4-10(15)7-12(11)16/h4-5,7-9H,2-3,6,16H2,1H3. The Morgan fingerprint density at radius 2 is 2.21 bits per heavy atom. The van der Waals surface area contributed by atoms with Crippen molar-refractivity contribution in [1.82, 2.24) is 10.1 Å². The number of aromatic nitrogens is 2. The highest BCUT2D eigenvalue weighted by Crippen LogP contribution is 2.37. The van der Waals surface area contributed by atoms with Crippen molar-refractivity contribution >= 4 is 21.6 Å². The fourth-order valence-corrected chi connectivity index (χ4v) is 3.06. The second kappa shape index (κ2) is 4.96. The van der Waals surface area contributed by atoms with E-state index in [1.165, 1.54) is 6.42 Å². The lowest BCUT2D eigenvalue weighted by Crippen LogP contribution is -1.96. The third kappa shape index (κ3) is 2.52. The van der Waals surface area contributed by atoms with E-state index in [4.69, 9.17) is 10.3 Å². The van der Waals surface area contributed by atoms with Gasteiger partial charge < -0.3 is 10.3 Å². The predicted octanol–water partition coefficient (Wildman–Crippen LogP) is 3.98. The number of nitrogens with two attached hydrogens (primary N) is 1. The van der Waals surface area contributed by atoms with Crippen molar-refractivity contribution < 1.29 is 4.52 Å². The van der Waals surface area contributed by atoms with Crippen molar-refractivity contribution in [3.8, 4) is 11.5 Å². The molecule has 1 aliphatic carbocycles. The summed E-state index contributed by atoms with van der Waals surface area (Å²) in [5, 5.41) is 4.12. The highest BCUT2D eigenvalue weighted by Gasteiger charge is 2.27. The topological polar surface area (TPSA) is 64.9 Å². The molecule has 1 aromatic carbocycles. The SMILES string of the molecule is CC1CCC(c2noc(-c3ccc(Br)cc3N)n2)C1. The molecule has 19 heavy (non-hydrogen) atoms. The van der Waals surface area contributed by atoms with E-state index in [0.717, 1.165) is 34.6 Å². The molecule has 1 fully saturated rings. The minimum Gasteiger partial charge on any atom is -0.398 e. The Morgan fingerprint density at radius 1 is 1.37 bits per heavy atom. The summed E-state index contributed by atoms with van der Waals surface area (Å²) in [5.41, 5.74) is 7.42. The Kier molecular flexibility index (Phi) is 3.31. The molecule has 1 saturated carbocycles. The molecule has 0 aliphatic heterocycles. The Morgan fingerprint density at radius 3 is 2.89 bits per heavy atom. The Labute approximate surface area is 120 Å². The summed E-state index contributed by atoms with van der Waals surface area (Å²) in [6.07, 6.45) is 3.54. The summed E-state index contributed by atoms with van der Waals surface area (Å²) in [6.45, 7) is 2.27. The maximum Gasteiger partial charge on any atom is 0.260 e. The zero-order chi connectivity index (χ0) is 13.4. The van der Waals surface area contributed by atoms with Gasteiger partial charge in [0.2, 0.25) is 0 Å². The smallest absolute Gasteiger partial charge is 0.260 e. The third-order valence-corrected chi connectivity index (χ3v) is 4.24. The van der Waals surface area contributed by atoms with Crippen LogP contribution >= 0.6 is 15.9 Å². The van der Waals surface area contributed by atoms with Gasteiger partial charge in [0.15, 0.2) is 5.82 Å². The van der Waals surface area contributed by atoms with E-state index < -0.39 is 0 Å². The average molecular weight is 322 g/mol. The van der Waals surface area contributed by atoms with Gasteiger partial charge in [0.25, 0.3) is 5.89 Å². The molecule has 2 unspecified atom stereocenters. The fraction of sp³-hybridized carbons (Fsp3) is 0.429. The molecule has 4 nitrogen and oxygen atoms in total. The van der Waals surface area contributed by atoms with E-state index in [-0.39, 0.29) is 0 Å². The van der Waals surface area contributed by atoms with Gasteiger partial charge in [-0.1, -0.05) is 28.0 Å². The Hall–Kier alpha value is -1.36. The fourth-order valence-electron chi connectivity index (χ4n) is 2.68. The van der Waals surface area contributed by atoms with E-state index >= 15 is 0 Å². The van der Waals surface area contributed by atoms with Crippen molar-refractivity contribution in [2.45, 2.75) is 32.1 Å². The van der Waals surface area contributed by atoms with E-state index in [9.17, 15) is 0 Å². The minimum atomic E-state index is 0.434. The second-order valence-electron chi connectivity index (χ2n) is 5.30. The van der Waals surface area contributed by atoms with Crippen molar-refractivity contribution in [3.05, 3.63) is 28.5 Å². The first kappa shape index (κ1) is 12.7. The molecule has 0 saturated heterocycles. The minimum absolute atomic E-state index is 0.434. The van der Waals surface area contributed by atoms with Gasteiger partial charge in [-0.15, -0.1) is 0 Å². The zero-order valence-corrected chi connectivity index (χ0v) is 12.4. The lowest BCUT2D eigenvalue weighted by molar-refractivity contribution is 0.415. The predicted molar refractivity (Wildman–Crippen MR) is 77.6 cm³/mol. The van der Waals surface area contributed by atoms with Crippen molar-refractivity contribution in [3.63, 3.8) is 0 Å². The third-order valence-electron chi connectivity index (χ3n) is 3.75. The first-order chi connectivity index (χ1) is 9.13. The van der Waals surface area contributed by atoms with Gasteiger partial charge in [-0.25, -0.2) is 0 Å². The molecule has 0 amide bonds. The van der Waals surface area contributed by atoms with E-state index in [2.05, 4.69) is 33.0 Å². The summed E-state index contributed by atoms with van der Waals surface area (Å²) in [7, 11) is 0. The molecule has 100 valence electrons. The highest BCUT2D eigenvalue weighted by atomic mass is 79.9. The van der Waals surface area contributed by atoms with Crippen LogP contribution in [0.3, 0.4) is 0 Å². The van der Waals surface area contributed by atoms with Crippen LogP contribution in [-0.4, -0.2) is 10.1 Å². The highest BCUT2D eigenvalue weighted by molar-refractivity contribution is 9.10. The zero-order valence-electron chi connectivity index (χ0n) is 10.8. The number of anilines is 1. The molecule has 2 N–H and O–H groups in total. The van der Waals surface area contributed by atoms with Gasteiger partial charge in [-0.2, -0.15) is 4.98 Å². The van der Waals surface area contributed by atoms with Crippen LogP contribution in [0.4, 0.5) is 5.69 Å². The Balaban J connectivity index is 1.88. The number of benzene rings is 1. The summed E-state index contributed by atoms with van der Waals surface area (Å²) in [6, 6.07) is 5.66. The maximum absolute atomic E-state index is 5.98. The monoisotopic (exact) mass is 321 g/mol. The first-order valence-electron chi connectivity index (χ1n) is 6.52. The number of hydrogen-bond donors (Lipinski definition) is 1. The Bertz CT molecular complexity index is 596. The van der Waals surface area contributed by atoms with Crippen LogP contribution in [0.1, 0.15) is 37.9 Å². The lowest BCUT2D eigenvalue weighted by atomic mass is 10.1. The number of halogens is 1. The summed E-state index contributed by atoms with van der Waals surface area (Å²) >= 11 is 3.39. The van der Waals surface area contributed by atoms with Crippen LogP contribution in [0.5, 0.6) is 0 Å².